The van der Waals surface area contributed by atoms with Gasteiger partial charge in [-0.2, -0.15) is 0 Å². The summed E-state index contributed by atoms with van der Waals surface area (Å²) in [5.41, 5.74) is 2.29. The van der Waals surface area contributed by atoms with E-state index in [2.05, 4.69) is 62.5 Å². The SMILES string of the molecule is CCNC(Cc1ccc2ccccc2n1)CC(C)CC. The van der Waals surface area contributed by atoms with E-state index in [4.69, 9.17) is 4.98 Å². The van der Waals surface area contributed by atoms with Gasteiger partial charge in [0.2, 0.25) is 0 Å². The molecule has 0 aliphatic carbocycles. The molecule has 108 valence electrons. The van der Waals surface area contributed by atoms with Gasteiger partial charge >= 0.3 is 0 Å². The molecular weight excluding hydrogens is 244 g/mol. The van der Waals surface area contributed by atoms with Crippen molar-refractivity contribution in [1.82, 2.24) is 10.3 Å². The summed E-state index contributed by atoms with van der Waals surface area (Å²) in [6.07, 6.45) is 3.48. The minimum atomic E-state index is 0.531. The van der Waals surface area contributed by atoms with Crippen molar-refractivity contribution in [1.29, 1.82) is 0 Å². The summed E-state index contributed by atoms with van der Waals surface area (Å²) in [4.78, 5) is 4.79. The predicted octanol–water partition coefficient (Wildman–Crippen LogP) is 4.19. The van der Waals surface area contributed by atoms with Gasteiger partial charge in [0.25, 0.3) is 0 Å². The molecule has 0 saturated heterocycles. The molecule has 2 rings (SSSR count). The van der Waals surface area contributed by atoms with E-state index in [0.717, 1.165) is 24.4 Å². The lowest BCUT2D eigenvalue weighted by Gasteiger charge is -2.21. The van der Waals surface area contributed by atoms with E-state index in [1.54, 1.807) is 0 Å². The first-order valence-electron chi connectivity index (χ1n) is 7.81. The molecule has 0 radical (unpaired) electrons. The second-order valence-electron chi connectivity index (χ2n) is 5.70. The molecule has 2 aromatic rings. The van der Waals surface area contributed by atoms with E-state index in [0.29, 0.717) is 6.04 Å². The Hall–Kier alpha value is -1.41. The number of hydrogen-bond donors (Lipinski definition) is 1. The van der Waals surface area contributed by atoms with Crippen molar-refractivity contribution in [2.45, 2.75) is 46.1 Å². The van der Waals surface area contributed by atoms with Gasteiger partial charge < -0.3 is 5.32 Å². The lowest BCUT2D eigenvalue weighted by atomic mass is 9.96. The highest BCUT2D eigenvalue weighted by Gasteiger charge is 2.13. The normalized spacial score (nSPS) is 14.3. The van der Waals surface area contributed by atoms with Gasteiger partial charge in [-0.3, -0.25) is 4.98 Å². The van der Waals surface area contributed by atoms with Crippen LogP contribution in [-0.4, -0.2) is 17.6 Å². The number of hydrogen-bond acceptors (Lipinski definition) is 2. The van der Waals surface area contributed by atoms with Crippen LogP contribution in [0.5, 0.6) is 0 Å². The zero-order valence-electron chi connectivity index (χ0n) is 12.9. The molecule has 0 fully saturated rings. The van der Waals surface area contributed by atoms with Gasteiger partial charge in [-0.15, -0.1) is 0 Å². The smallest absolute Gasteiger partial charge is 0.0705 e. The molecule has 1 N–H and O–H groups in total. The molecule has 2 nitrogen and oxygen atoms in total. The number of pyridine rings is 1. The minimum absolute atomic E-state index is 0.531. The van der Waals surface area contributed by atoms with Crippen molar-refractivity contribution in [3.8, 4) is 0 Å². The highest BCUT2D eigenvalue weighted by molar-refractivity contribution is 5.78. The van der Waals surface area contributed by atoms with Gasteiger partial charge in [-0.1, -0.05) is 51.5 Å². The Kier molecular flexibility index (Phi) is 5.54. The maximum Gasteiger partial charge on any atom is 0.0705 e. The van der Waals surface area contributed by atoms with Crippen LogP contribution in [0.15, 0.2) is 36.4 Å². The summed E-state index contributed by atoms with van der Waals surface area (Å²) in [5, 5.41) is 4.82. The van der Waals surface area contributed by atoms with Crippen molar-refractivity contribution in [2.24, 2.45) is 5.92 Å². The van der Waals surface area contributed by atoms with Crippen LogP contribution in [0.25, 0.3) is 10.9 Å². The largest absolute Gasteiger partial charge is 0.314 e. The van der Waals surface area contributed by atoms with Gasteiger partial charge in [0, 0.05) is 23.5 Å². The number of para-hydroxylation sites is 1. The summed E-state index contributed by atoms with van der Waals surface area (Å²) in [6, 6.07) is 13.2. The fourth-order valence-corrected chi connectivity index (χ4v) is 2.65. The molecule has 1 aromatic carbocycles. The van der Waals surface area contributed by atoms with Crippen LogP contribution in [-0.2, 0) is 6.42 Å². The number of fused-ring (bicyclic) bond motifs is 1. The third-order valence-corrected chi connectivity index (χ3v) is 3.99. The average molecular weight is 270 g/mol. The molecular formula is C18H26N2. The standard InChI is InChI=1S/C18H26N2/c1-4-14(3)12-17(19-5-2)13-16-11-10-15-8-6-7-9-18(15)20-16/h6-11,14,17,19H,4-5,12-13H2,1-3H3. The zero-order chi connectivity index (χ0) is 14.4. The fourth-order valence-electron chi connectivity index (χ4n) is 2.65. The maximum atomic E-state index is 4.79. The molecule has 0 amide bonds. The molecule has 2 heteroatoms. The molecule has 2 unspecified atom stereocenters. The average Bonchev–Trinajstić information content (AvgIpc) is 2.47. The van der Waals surface area contributed by atoms with Gasteiger partial charge in [-0.05, 0) is 31.0 Å². The van der Waals surface area contributed by atoms with Crippen molar-refractivity contribution in [3.05, 3.63) is 42.1 Å². The summed E-state index contributed by atoms with van der Waals surface area (Å²) >= 11 is 0. The third-order valence-electron chi connectivity index (χ3n) is 3.99. The number of nitrogens with one attached hydrogen (secondary N) is 1. The maximum absolute atomic E-state index is 4.79. The molecule has 0 spiro atoms. The van der Waals surface area contributed by atoms with Crippen LogP contribution in [0.2, 0.25) is 0 Å². The fraction of sp³-hybridized carbons (Fsp3) is 0.500. The molecule has 0 aliphatic rings. The summed E-state index contributed by atoms with van der Waals surface area (Å²) in [7, 11) is 0. The molecule has 20 heavy (non-hydrogen) atoms. The van der Waals surface area contributed by atoms with E-state index >= 15 is 0 Å². The zero-order valence-corrected chi connectivity index (χ0v) is 12.9. The monoisotopic (exact) mass is 270 g/mol. The Morgan fingerprint density at radius 3 is 2.65 bits per heavy atom. The van der Waals surface area contributed by atoms with Crippen molar-refractivity contribution in [2.75, 3.05) is 6.54 Å². The van der Waals surface area contributed by atoms with Gasteiger partial charge in [0.05, 0.1) is 5.52 Å². The summed E-state index contributed by atoms with van der Waals surface area (Å²) in [6.45, 7) is 7.80. The topological polar surface area (TPSA) is 24.9 Å². The Morgan fingerprint density at radius 2 is 1.90 bits per heavy atom. The molecule has 1 aromatic heterocycles. The molecule has 1 heterocycles. The Labute approximate surface area is 122 Å². The molecule has 2 atom stereocenters. The van der Waals surface area contributed by atoms with Crippen LogP contribution in [0.3, 0.4) is 0 Å². The van der Waals surface area contributed by atoms with Crippen LogP contribution in [0.4, 0.5) is 0 Å². The first kappa shape index (κ1) is 15.0. The van der Waals surface area contributed by atoms with E-state index in [-0.39, 0.29) is 0 Å². The Bertz CT molecular complexity index is 536. The number of likely N-dealkylation sites (N-methyl/N-ethyl adjacent to an activating group) is 1. The van der Waals surface area contributed by atoms with Crippen molar-refractivity contribution in [3.63, 3.8) is 0 Å². The molecule has 0 aliphatic heterocycles. The summed E-state index contributed by atoms with van der Waals surface area (Å²) < 4.78 is 0. The van der Waals surface area contributed by atoms with E-state index < -0.39 is 0 Å². The predicted molar refractivity (Wildman–Crippen MR) is 87.0 cm³/mol. The van der Waals surface area contributed by atoms with Crippen LogP contribution >= 0.6 is 0 Å². The molecule has 0 bridgehead atoms. The lowest BCUT2D eigenvalue weighted by Crippen LogP contribution is -2.32. The van der Waals surface area contributed by atoms with E-state index in [1.807, 2.05) is 0 Å². The second kappa shape index (κ2) is 7.39. The number of benzene rings is 1. The van der Waals surface area contributed by atoms with Crippen LogP contribution < -0.4 is 5.32 Å². The number of nitrogens with zero attached hydrogens (tertiary/aromatic N) is 1. The highest BCUT2D eigenvalue weighted by atomic mass is 14.9. The number of aromatic nitrogens is 1. The Balaban J connectivity index is 2.11. The number of rotatable bonds is 7. The third kappa shape index (κ3) is 4.04. The second-order valence-corrected chi connectivity index (χ2v) is 5.70. The highest BCUT2D eigenvalue weighted by Crippen LogP contribution is 2.16. The quantitative estimate of drug-likeness (QED) is 0.816. The molecule has 0 saturated carbocycles. The first-order chi connectivity index (χ1) is 9.72. The van der Waals surface area contributed by atoms with Gasteiger partial charge in [0.15, 0.2) is 0 Å². The lowest BCUT2D eigenvalue weighted by molar-refractivity contribution is 0.395. The van der Waals surface area contributed by atoms with Crippen LogP contribution in [0, 0.1) is 5.92 Å². The van der Waals surface area contributed by atoms with Gasteiger partial charge in [-0.25, -0.2) is 0 Å². The van der Waals surface area contributed by atoms with E-state index in [1.165, 1.54) is 23.9 Å². The van der Waals surface area contributed by atoms with E-state index in [9.17, 15) is 0 Å². The minimum Gasteiger partial charge on any atom is -0.314 e. The van der Waals surface area contributed by atoms with Crippen molar-refractivity contribution >= 4 is 10.9 Å². The Morgan fingerprint density at radius 1 is 1.10 bits per heavy atom. The van der Waals surface area contributed by atoms with Crippen LogP contribution in [0.1, 0.15) is 39.3 Å². The van der Waals surface area contributed by atoms with Crippen molar-refractivity contribution < 1.29 is 0 Å². The summed E-state index contributed by atoms with van der Waals surface area (Å²) in [5.74, 6) is 0.763. The van der Waals surface area contributed by atoms with Gasteiger partial charge in [0.1, 0.15) is 0 Å². The first-order valence-corrected chi connectivity index (χ1v) is 7.81.